The molecule has 0 amide bonds. The third-order valence-electron chi connectivity index (χ3n) is 3.46. The van der Waals surface area contributed by atoms with Gasteiger partial charge in [-0.15, -0.1) is 0 Å². The minimum Gasteiger partial charge on any atom is -0.478 e. The van der Waals surface area contributed by atoms with Gasteiger partial charge in [-0.05, 0) is 31.7 Å². The number of anilines is 1. The second-order valence-electron chi connectivity index (χ2n) is 4.47. The number of pyridine rings is 1. The quantitative estimate of drug-likeness (QED) is 0.846. The Balaban J connectivity index is 2.29. The predicted octanol–water partition coefficient (Wildman–Crippen LogP) is 2.66. The van der Waals surface area contributed by atoms with Crippen molar-refractivity contribution < 1.29 is 14.3 Å². The molecule has 0 spiro atoms. The molecule has 0 radical (unpaired) electrons. The number of hydrogen-bond donors (Lipinski definition) is 2. The zero-order valence-corrected chi connectivity index (χ0v) is 9.66. The van der Waals surface area contributed by atoms with Gasteiger partial charge in [0.15, 0.2) is 0 Å². The maximum absolute atomic E-state index is 13.0. The maximum Gasteiger partial charge on any atom is 0.339 e. The summed E-state index contributed by atoms with van der Waals surface area (Å²) < 4.78 is 13.0. The molecular weight excluding hydrogens is 223 g/mol. The van der Waals surface area contributed by atoms with Crippen LogP contribution in [0, 0.1) is 5.82 Å². The maximum atomic E-state index is 13.0. The van der Waals surface area contributed by atoms with Gasteiger partial charge in [-0.2, -0.15) is 0 Å². The largest absolute Gasteiger partial charge is 0.478 e. The highest BCUT2D eigenvalue weighted by molar-refractivity contribution is 5.93. The molecule has 1 aliphatic rings. The molecule has 0 bridgehead atoms. The summed E-state index contributed by atoms with van der Waals surface area (Å²) in [6.07, 6.45) is 5.08. The molecule has 0 unspecified atom stereocenters. The summed E-state index contributed by atoms with van der Waals surface area (Å²) in [5.41, 5.74) is -0.167. The molecule has 1 saturated carbocycles. The summed E-state index contributed by atoms with van der Waals surface area (Å²) in [5.74, 6) is -1.53. The van der Waals surface area contributed by atoms with Crippen molar-refractivity contribution in [3.8, 4) is 0 Å². The van der Waals surface area contributed by atoms with Crippen LogP contribution in [0.5, 0.6) is 0 Å². The van der Waals surface area contributed by atoms with Gasteiger partial charge in [-0.25, -0.2) is 14.2 Å². The number of carboxylic acids is 1. The highest BCUT2D eigenvalue weighted by Gasteiger charge is 2.36. The zero-order valence-electron chi connectivity index (χ0n) is 9.66. The van der Waals surface area contributed by atoms with E-state index in [0.29, 0.717) is 0 Å². The van der Waals surface area contributed by atoms with E-state index in [9.17, 15) is 9.18 Å². The van der Waals surface area contributed by atoms with E-state index in [1.807, 2.05) is 0 Å². The molecule has 4 nitrogen and oxygen atoms in total. The number of carbonyl (C=O) groups is 1. The van der Waals surface area contributed by atoms with Gasteiger partial charge in [0.2, 0.25) is 0 Å². The van der Waals surface area contributed by atoms with Gasteiger partial charge >= 0.3 is 5.97 Å². The molecule has 1 fully saturated rings. The Kier molecular flexibility index (Phi) is 3.00. The van der Waals surface area contributed by atoms with E-state index in [0.717, 1.165) is 37.9 Å². The predicted molar refractivity (Wildman–Crippen MR) is 61.7 cm³/mol. The minimum absolute atomic E-state index is 0.0605. The molecule has 1 aromatic heterocycles. The second-order valence-corrected chi connectivity index (χ2v) is 4.47. The highest BCUT2D eigenvalue weighted by atomic mass is 19.1. The molecule has 0 saturated heterocycles. The first-order valence-corrected chi connectivity index (χ1v) is 5.73. The van der Waals surface area contributed by atoms with Crippen LogP contribution in [0.15, 0.2) is 12.3 Å². The topological polar surface area (TPSA) is 62.2 Å². The SMILES string of the molecule is CCC1(Nc2ncc(F)cc2C(=O)O)CCC1. The number of nitrogens with zero attached hydrogens (tertiary/aromatic N) is 1. The first-order chi connectivity index (χ1) is 8.06. The van der Waals surface area contributed by atoms with Crippen LogP contribution in [-0.4, -0.2) is 21.6 Å². The van der Waals surface area contributed by atoms with Crippen LogP contribution < -0.4 is 5.32 Å². The van der Waals surface area contributed by atoms with E-state index in [-0.39, 0.29) is 16.9 Å². The number of nitrogens with one attached hydrogen (secondary N) is 1. The Morgan fingerprint density at radius 2 is 2.35 bits per heavy atom. The molecule has 2 N–H and O–H groups in total. The Labute approximate surface area is 98.9 Å². The molecule has 0 aromatic carbocycles. The van der Waals surface area contributed by atoms with Crippen LogP contribution in [0.1, 0.15) is 43.0 Å². The summed E-state index contributed by atoms with van der Waals surface area (Å²) in [6.45, 7) is 2.05. The number of aromatic carboxylic acids is 1. The van der Waals surface area contributed by atoms with E-state index in [2.05, 4.69) is 17.2 Å². The molecular formula is C12H15FN2O2. The Morgan fingerprint density at radius 3 is 2.82 bits per heavy atom. The van der Waals surface area contributed by atoms with Gasteiger partial charge in [0, 0.05) is 5.54 Å². The molecule has 5 heteroatoms. The minimum atomic E-state index is -1.16. The third kappa shape index (κ3) is 2.23. The fraction of sp³-hybridized carbons (Fsp3) is 0.500. The highest BCUT2D eigenvalue weighted by Crippen LogP contribution is 2.38. The monoisotopic (exact) mass is 238 g/mol. The molecule has 92 valence electrons. The zero-order chi connectivity index (χ0) is 12.5. The van der Waals surface area contributed by atoms with E-state index in [1.54, 1.807) is 0 Å². The van der Waals surface area contributed by atoms with Crippen molar-refractivity contribution >= 4 is 11.8 Å². The number of rotatable bonds is 4. The van der Waals surface area contributed by atoms with Gasteiger partial charge in [0.05, 0.1) is 6.20 Å². The third-order valence-corrected chi connectivity index (χ3v) is 3.46. The van der Waals surface area contributed by atoms with Crippen LogP contribution in [-0.2, 0) is 0 Å². The Morgan fingerprint density at radius 1 is 1.65 bits per heavy atom. The second kappa shape index (κ2) is 4.31. The van der Waals surface area contributed by atoms with Crippen molar-refractivity contribution in [2.75, 3.05) is 5.32 Å². The molecule has 1 heterocycles. The molecule has 17 heavy (non-hydrogen) atoms. The van der Waals surface area contributed by atoms with Crippen molar-refractivity contribution in [3.05, 3.63) is 23.6 Å². The van der Waals surface area contributed by atoms with Gasteiger partial charge in [0.25, 0.3) is 0 Å². The van der Waals surface area contributed by atoms with Crippen molar-refractivity contribution in [2.24, 2.45) is 0 Å². The van der Waals surface area contributed by atoms with Crippen molar-refractivity contribution in [1.29, 1.82) is 0 Å². The standard InChI is InChI=1S/C12H15FN2O2/c1-2-12(4-3-5-12)15-10-9(11(16)17)6-8(13)7-14-10/h6-7H,2-5H2,1H3,(H,14,15)(H,16,17). The molecule has 1 aromatic rings. The summed E-state index contributed by atoms with van der Waals surface area (Å²) in [7, 11) is 0. The first kappa shape index (κ1) is 11.8. The number of carboxylic acid groups (broad SMARTS) is 1. The Hall–Kier alpha value is -1.65. The number of hydrogen-bond acceptors (Lipinski definition) is 3. The summed E-state index contributed by atoms with van der Waals surface area (Å²) >= 11 is 0. The lowest BCUT2D eigenvalue weighted by Gasteiger charge is -2.42. The normalized spacial score (nSPS) is 17.3. The lowest BCUT2D eigenvalue weighted by Crippen LogP contribution is -2.44. The van der Waals surface area contributed by atoms with E-state index >= 15 is 0 Å². The Bertz CT molecular complexity index is 439. The van der Waals surface area contributed by atoms with Gasteiger partial charge in [-0.1, -0.05) is 6.92 Å². The number of aromatic nitrogens is 1. The summed E-state index contributed by atoms with van der Waals surface area (Å²) in [5, 5.41) is 12.2. The fourth-order valence-corrected chi connectivity index (χ4v) is 2.12. The van der Waals surface area contributed by atoms with Gasteiger partial charge in [-0.3, -0.25) is 0 Å². The fourth-order valence-electron chi connectivity index (χ4n) is 2.12. The number of halogens is 1. The lowest BCUT2D eigenvalue weighted by molar-refractivity contribution is 0.0696. The molecule has 0 aliphatic heterocycles. The average Bonchev–Trinajstić information content (AvgIpc) is 2.25. The van der Waals surface area contributed by atoms with Crippen molar-refractivity contribution in [2.45, 2.75) is 38.1 Å². The van der Waals surface area contributed by atoms with Crippen LogP contribution >= 0.6 is 0 Å². The average molecular weight is 238 g/mol. The van der Waals surface area contributed by atoms with Crippen LogP contribution in [0.25, 0.3) is 0 Å². The molecule has 0 atom stereocenters. The van der Waals surface area contributed by atoms with E-state index < -0.39 is 11.8 Å². The first-order valence-electron chi connectivity index (χ1n) is 5.73. The molecule has 2 rings (SSSR count). The van der Waals surface area contributed by atoms with Crippen LogP contribution in [0.4, 0.5) is 10.2 Å². The van der Waals surface area contributed by atoms with E-state index in [1.165, 1.54) is 0 Å². The summed E-state index contributed by atoms with van der Waals surface area (Å²) in [6, 6.07) is 1.000. The summed E-state index contributed by atoms with van der Waals surface area (Å²) in [4.78, 5) is 14.9. The van der Waals surface area contributed by atoms with Crippen molar-refractivity contribution in [1.82, 2.24) is 4.98 Å². The van der Waals surface area contributed by atoms with Gasteiger partial charge in [0.1, 0.15) is 17.2 Å². The van der Waals surface area contributed by atoms with Crippen LogP contribution in [0.3, 0.4) is 0 Å². The van der Waals surface area contributed by atoms with Crippen molar-refractivity contribution in [3.63, 3.8) is 0 Å². The van der Waals surface area contributed by atoms with Crippen LogP contribution in [0.2, 0.25) is 0 Å². The van der Waals surface area contributed by atoms with Gasteiger partial charge < -0.3 is 10.4 Å². The smallest absolute Gasteiger partial charge is 0.339 e. The lowest BCUT2D eigenvalue weighted by atomic mass is 9.75. The van der Waals surface area contributed by atoms with E-state index in [4.69, 9.17) is 5.11 Å². The molecule has 1 aliphatic carbocycles.